The summed E-state index contributed by atoms with van der Waals surface area (Å²) in [4.78, 5) is 34.7. The van der Waals surface area contributed by atoms with Crippen molar-refractivity contribution in [3.8, 4) is 0 Å². The molecule has 1 aliphatic heterocycles. The lowest BCUT2D eigenvalue weighted by Crippen LogP contribution is -2.54. The minimum atomic E-state index is -2.72. The predicted molar refractivity (Wildman–Crippen MR) is 96.5 cm³/mol. The van der Waals surface area contributed by atoms with E-state index in [9.17, 15) is 30.0 Å². The van der Waals surface area contributed by atoms with E-state index in [0.29, 0.717) is 0 Å². The van der Waals surface area contributed by atoms with Crippen molar-refractivity contribution in [2.75, 3.05) is 26.1 Å². The minimum absolute atomic E-state index is 0.0102. The number of aliphatic hydroxyl groups excluding tert-OH is 2. The number of halogens is 1. The van der Waals surface area contributed by atoms with Crippen molar-refractivity contribution in [2.24, 2.45) is 0 Å². The fourth-order valence-corrected chi connectivity index (χ4v) is 3.17. The Balaban J connectivity index is 1.84. The second kappa shape index (κ2) is 8.25. The summed E-state index contributed by atoms with van der Waals surface area (Å²) in [5, 5.41) is 39.1. The van der Waals surface area contributed by atoms with Crippen LogP contribution in [0, 0.1) is 0 Å². The third-order valence-electron chi connectivity index (χ3n) is 4.57. The number of carbonyl (C=O) groups is 2. The van der Waals surface area contributed by atoms with Gasteiger partial charge >= 0.3 is 11.9 Å². The molecule has 0 bridgehead atoms. The molecule has 2 aromatic rings. The number of aliphatic hydroxyl groups is 2. The molecular formula is C15H18ClN5O9. The van der Waals surface area contributed by atoms with Gasteiger partial charge in [-0.15, -0.1) is 0 Å². The van der Waals surface area contributed by atoms with Crippen LogP contribution in [-0.2, 0) is 23.8 Å². The number of anilines is 1. The average Bonchev–Trinajstić information content (AvgIpc) is 3.20. The Labute approximate surface area is 172 Å². The number of aromatic nitrogens is 4. The van der Waals surface area contributed by atoms with Crippen LogP contribution < -0.4 is 5.73 Å². The smallest absolute Gasteiger partial charge is 0.350 e. The zero-order chi connectivity index (χ0) is 22.2. The Morgan fingerprint density at radius 3 is 2.57 bits per heavy atom. The number of hydrogen-bond acceptors (Lipinski definition) is 11. The van der Waals surface area contributed by atoms with E-state index in [2.05, 4.69) is 19.7 Å². The normalized spacial score (nSPS) is 24.4. The Morgan fingerprint density at radius 1 is 1.30 bits per heavy atom. The van der Waals surface area contributed by atoms with Crippen molar-refractivity contribution < 1.29 is 44.2 Å². The first kappa shape index (κ1) is 22.1. The highest BCUT2D eigenvalue weighted by Crippen LogP contribution is 2.33. The number of hydrogen-bond donors (Lipinski definition) is 5. The van der Waals surface area contributed by atoms with Crippen LogP contribution in [0.3, 0.4) is 0 Å². The molecule has 0 unspecified atom stereocenters. The number of ether oxygens (including phenoxy) is 3. The molecule has 0 aromatic carbocycles. The van der Waals surface area contributed by atoms with Gasteiger partial charge in [0.05, 0.1) is 19.5 Å². The summed E-state index contributed by atoms with van der Waals surface area (Å²) >= 11 is 5.80. The van der Waals surface area contributed by atoms with Crippen molar-refractivity contribution in [3.63, 3.8) is 0 Å². The fourth-order valence-electron chi connectivity index (χ4n) is 3.00. The van der Waals surface area contributed by atoms with Gasteiger partial charge in [-0.25, -0.2) is 14.6 Å². The monoisotopic (exact) mass is 447 g/mol. The van der Waals surface area contributed by atoms with E-state index in [4.69, 9.17) is 26.8 Å². The maximum absolute atomic E-state index is 11.5. The van der Waals surface area contributed by atoms with Crippen LogP contribution in [0.4, 0.5) is 5.82 Å². The first-order valence-corrected chi connectivity index (χ1v) is 8.77. The number of carboxylic acid groups (broad SMARTS) is 2. The van der Waals surface area contributed by atoms with Crippen molar-refractivity contribution in [1.82, 2.24) is 19.5 Å². The fraction of sp³-hybridized carbons (Fsp3) is 0.533. The molecule has 2 aromatic heterocycles. The third-order valence-corrected chi connectivity index (χ3v) is 4.73. The Morgan fingerprint density at radius 2 is 1.97 bits per heavy atom. The molecule has 15 heteroatoms. The van der Waals surface area contributed by atoms with Gasteiger partial charge in [-0.3, -0.25) is 4.57 Å². The first-order valence-electron chi connectivity index (χ1n) is 8.39. The van der Waals surface area contributed by atoms with Gasteiger partial charge in [0.25, 0.3) is 5.60 Å². The molecule has 1 fully saturated rings. The molecule has 1 aliphatic rings. The van der Waals surface area contributed by atoms with Gasteiger partial charge in [-0.2, -0.15) is 9.97 Å². The summed E-state index contributed by atoms with van der Waals surface area (Å²) in [7, 11) is 1.10. The number of aliphatic carboxylic acids is 2. The number of fused-ring (bicyclic) bond motifs is 1. The second-order valence-corrected chi connectivity index (χ2v) is 6.77. The lowest BCUT2D eigenvalue weighted by molar-refractivity contribution is -0.197. The van der Waals surface area contributed by atoms with E-state index in [0.717, 1.165) is 7.11 Å². The highest BCUT2D eigenvalue weighted by atomic mass is 35.5. The molecule has 164 valence electrons. The maximum atomic E-state index is 11.5. The molecule has 6 N–H and O–H groups in total. The van der Waals surface area contributed by atoms with Crippen molar-refractivity contribution >= 4 is 40.5 Å². The highest BCUT2D eigenvalue weighted by molar-refractivity contribution is 6.28. The lowest BCUT2D eigenvalue weighted by atomic mass is 10.1. The SMILES string of the molecule is COCC(OC[C@H]1O[C@@H](n2cnc3c(N)nc(Cl)nc32)[C@H](O)[C@@H]1O)(C(=O)O)C(=O)O. The molecule has 0 radical (unpaired) electrons. The van der Waals surface area contributed by atoms with E-state index in [1.54, 1.807) is 0 Å². The van der Waals surface area contributed by atoms with Gasteiger partial charge in [0.2, 0.25) is 5.28 Å². The quantitative estimate of drug-likeness (QED) is 0.224. The standard InChI is InChI=1S/C15H18ClN5O9/c1-28-3-15(12(24)25,13(26)27)29-2-5-7(22)8(23)11(30-5)21-4-18-6-9(17)19-14(16)20-10(6)21/h4-5,7-8,11,22-23H,2-3H2,1H3,(H,24,25)(H,26,27)(H2,17,19,20)/t5-,7-,8-,11-/m1/s1. The summed E-state index contributed by atoms with van der Waals surface area (Å²) < 4.78 is 16.6. The summed E-state index contributed by atoms with van der Waals surface area (Å²) in [6.45, 7) is -1.48. The molecule has 1 saturated heterocycles. The third kappa shape index (κ3) is 3.64. The number of carboxylic acids is 2. The van der Waals surface area contributed by atoms with E-state index in [-0.39, 0.29) is 22.3 Å². The zero-order valence-corrected chi connectivity index (χ0v) is 16.1. The van der Waals surface area contributed by atoms with Gasteiger partial charge < -0.3 is 40.4 Å². The van der Waals surface area contributed by atoms with Crippen LogP contribution >= 0.6 is 11.6 Å². The van der Waals surface area contributed by atoms with Crippen molar-refractivity contribution in [3.05, 3.63) is 11.6 Å². The van der Waals surface area contributed by atoms with Gasteiger partial charge in [0, 0.05) is 7.11 Å². The molecule has 0 amide bonds. The van der Waals surface area contributed by atoms with Crippen LogP contribution in [0.1, 0.15) is 6.23 Å². The second-order valence-electron chi connectivity index (χ2n) is 6.43. The van der Waals surface area contributed by atoms with Crippen LogP contribution in [0.25, 0.3) is 11.2 Å². The maximum Gasteiger partial charge on any atom is 0.350 e. The largest absolute Gasteiger partial charge is 0.479 e. The zero-order valence-electron chi connectivity index (χ0n) is 15.4. The van der Waals surface area contributed by atoms with Crippen LogP contribution in [-0.4, -0.2) is 96.1 Å². The van der Waals surface area contributed by atoms with Crippen LogP contribution in [0.5, 0.6) is 0 Å². The summed E-state index contributed by atoms with van der Waals surface area (Å²) in [6.07, 6.45) is -4.34. The highest BCUT2D eigenvalue weighted by Gasteiger charge is 2.51. The molecule has 0 saturated carbocycles. The summed E-state index contributed by atoms with van der Waals surface area (Å²) in [5.41, 5.74) is 3.31. The lowest BCUT2D eigenvalue weighted by Gasteiger charge is -2.26. The number of methoxy groups -OCH3 is 1. The molecule has 3 heterocycles. The number of nitrogens with zero attached hydrogens (tertiary/aromatic N) is 4. The van der Waals surface area contributed by atoms with E-state index < -0.39 is 55.3 Å². The molecular weight excluding hydrogens is 430 g/mol. The van der Waals surface area contributed by atoms with Gasteiger partial charge in [-0.1, -0.05) is 0 Å². The molecule has 30 heavy (non-hydrogen) atoms. The number of rotatable bonds is 8. The first-order chi connectivity index (χ1) is 14.1. The minimum Gasteiger partial charge on any atom is -0.479 e. The van der Waals surface area contributed by atoms with Gasteiger partial charge in [0.1, 0.15) is 23.8 Å². The average molecular weight is 448 g/mol. The van der Waals surface area contributed by atoms with Crippen LogP contribution in [0.15, 0.2) is 6.33 Å². The van der Waals surface area contributed by atoms with E-state index >= 15 is 0 Å². The topological polar surface area (TPSA) is 212 Å². The van der Waals surface area contributed by atoms with E-state index in [1.807, 2.05) is 0 Å². The molecule has 3 rings (SSSR count). The van der Waals surface area contributed by atoms with Gasteiger partial charge in [-0.05, 0) is 11.6 Å². The molecule has 0 aliphatic carbocycles. The summed E-state index contributed by atoms with van der Waals surface area (Å²) in [5.74, 6) is -3.61. The Hall–Kier alpha value is -2.62. The number of nitrogen functional groups attached to an aromatic ring is 1. The van der Waals surface area contributed by atoms with Crippen LogP contribution in [0.2, 0.25) is 5.28 Å². The molecule has 4 atom stereocenters. The number of imidazole rings is 1. The summed E-state index contributed by atoms with van der Waals surface area (Å²) in [6, 6.07) is 0. The van der Waals surface area contributed by atoms with Crippen molar-refractivity contribution in [1.29, 1.82) is 0 Å². The Kier molecular flexibility index (Phi) is 6.07. The molecule has 0 spiro atoms. The van der Waals surface area contributed by atoms with Gasteiger partial charge in [0.15, 0.2) is 17.7 Å². The van der Waals surface area contributed by atoms with E-state index in [1.165, 1.54) is 10.9 Å². The predicted octanol–water partition coefficient (Wildman–Crippen LogP) is -1.75. The van der Waals surface area contributed by atoms with Crippen molar-refractivity contribution in [2.45, 2.75) is 30.1 Å². The number of nitrogens with two attached hydrogens (primary N) is 1. The molecule has 14 nitrogen and oxygen atoms in total. The Bertz CT molecular complexity index is 955.